The van der Waals surface area contributed by atoms with Gasteiger partial charge in [-0.25, -0.2) is 0 Å². The van der Waals surface area contributed by atoms with Gasteiger partial charge in [0.05, 0.1) is 6.10 Å². The van der Waals surface area contributed by atoms with E-state index in [0.29, 0.717) is 10.8 Å². The van der Waals surface area contributed by atoms with Crippen molar-refractivity contribution in [3.63, 3.8) is 0 Å². The summed E-state index contributed by atoms with van der Waals surface area (Å²) in [6.07, 6.45) is 16.9. The van der Waals surface area contributed by atoms with Gasteiger partial charge in [-0.1, -0.05) is 51.0 Å². The lowest BCUT2D eigenvalue weighted by atomic mass is 9.57. The van der Waals surface area contributed by atoms with E-state index in [-0.39, 0.29) is 6.10 Å². The van der Waals surface area contributed by atoms with Crippen molar-refractivity contribution >= 4 is 0 Å². The molecule has 3 aliphatic rings. The predicted octanol–water partition coefficient (Wildman–Crippen LogP) is 5.26. The van der Waals surface area contributed by atoms with Crippen molar-refractivity contribution < 1.29 is 5.11 Å². The van der Waals surface area contributed by atoms with Gasteiger partial charge in [0.2, 0.25) is 0 Å². The molecule has 0 radical (unpaired) electrons. The number of hydrogen-bond acceptors (Lipinski definition) is 1. The molecular formula is C20H32O. The zero-order valence-electron chi connectivity index (χ0n) is 14.1. The molecule has 3 aliphatic carbocycles. The smallest absolute Gasteiger partial charge is 0.0724 e. The monoisotopic (exact) mass is 288 g/mol. The third-order valence-corrected chi connectivity index (χ3v) is 6.75. The number of rotatable bonds is 3. The molecule has 1 N–H and O–H groups in total. The minimum Gasteiger partial charge on any atom is -0.389 e. The van der Waals surface area contributed by atoms with E-state index < -0.39 is 0 Å². The maximum absolute atomic E-state index is 9.91. The van der Waals surface area contributed by atoms with Crippen molar-refractivity contribution in [1.29, 1.82) is 0 Å². The van der Waals surface area contributed by atoms with Gasteiger partial charge in [-0.3, -0.25) is 0 Å². The van der Waals surface area contributed by atoms with Gasteiger partial charge in [-0.05, 0) is 67.6 Å². The Labute approximate surface area is 130 Å². The van der Waals surface area contributed by atoms with Crippen LogP contribution in [-0.4, -0.2) is 11.2 Å². The van der Waals surface area contributed by atoms with E-state index in [0.717, 1.165) is 18.3 Å². The van der Waals surface area contributed by atoms with Gasteiger partial charge < -0.3 is 5.11 Å². The number of aliphatic hydroxyl groups excluding tert-OH is 1. The fraction of sp³-hybridized carbons (Fsp3) is 0.800. The molecule has 0 amide bonds. The van der Waals surface area contributed by atoms with Crippen LogP contribution in [0.25, 0.3) is 0 Å². The number of allylic oxidation sites excluding steroid dienone is 3. The summed E-state index contributed by atoms with van der Waals surface area (Å²) >= 11 is 0. The molecule has 0 aromatic heterocycles. The summed E-state index contributed by atoms with van der Waals surface area (Å²) in [6, 6.07) is 0. The largest absolute Gasteiger partial charge is 0.389 e. The summed E-state index contributed by atoms with van der Waals surface area (Å²) in [5.74, 6) is 1.72. The van der Waals surface area contributed by atoms with Crippen molar-refractivity contribution in [2.45, 2.75) is 78.2 Å². The van der Waals surface area contributed by atoms with Crippen molar-refractivity contribution in [2.75, 3.05) is 0 Å². The molecule has 5 unspecified atom stereocenters. The van der Waals surface area contributed by atoms with E-state index in [1.54, 1.807) is 5.57 Å². The Morgan fingerprint density at radius 3 is 2.86 bits per heavy atom. The molecule has 1 nitrogen and oxygen atoms in total. The normalized spacial score (nSPS) is 46.3. The summed E-state index contributed by atoms with van der Waals surface area (Å²) in [4.78, 5) is 0. The molecule has 1 fully saturated rings. The van der Waals surface area contributed by atoms with Crippen LogP contribution in [0.5, 0.6) is 0 Å². The average Bonchev–Trinajstić information content (AvgIpc) is 2.81. The molecular weight excluding hydrogens is 256 g/mol. The Morgan fingerprint density at radius 1 is 1.29 bits per heavy atom. The molecule has 118 valence electrons. The molecule has 0 spiro atoms. The summed E-state index contributed by atoms with van der Waals surface area (Å²) in [7, 11) is 0. The van der Waals surface area contributed by atoms with Gasteiger partial charge >= 0.3 is 0 Å². The lowest BCUT2D eigenvalue weighted by molar-refractivity contribution is 0.0798. The van der Waals surface area contributed by atoms with E-state index in [4.69, 9.17) is 0 Å². The van der Waals surface area contributed by atoms with Crippen molar-refractivity contribution in [1.82, 2.24) is 0 Å². The first-order chi connectivity index (χ1) is 9.97. The van der Waals surface area contributed by atoms with E-state index in [1.165, 1.54) is 44.9 Å². The fourth-order valence-electron chi connectivity index (χ4n) is 5.54. The van der Waals surface area contributed by atoms with Gasteiger partial charge in [-0.15, -0.1) is 0 Å². The maximum Gasteiger partial charge on any atom is 0.0724 e. The highest BCUT2D eigenvalue weighted by Crippen LogP contribution is 2.56. The van der Waals surface area contributed by atoms with Crippen LogP contribution in [0.4, 0.5) is 0 Å². The lowest BCUT2D eigenvalue weighted by Crippen LogP contribution is -2.38. The number of fused-ring (bicyclic) bond motifs is 1. The van der Waals surface area contributed by atoms with Gasteiger partial charge in [0.15, 0.2) is 0 Å². The zero-order valence-corrected chi connectivity index (χ0v) is 14.1. The minimum absolute atomic E-state index is 0.178. The molecule has 0 aromatic carbocycles. The molecule has 0 aromatic rings. The molecule has 1 heteroatoms. The molecule has 21 heavy (non-hydrogen) atoms. The Bertz CT molecular complexity index is 449. The van der Waals surface area contributed by atoms with E-state index in [2.05, 4.69) is 39.0 Å². The summed E-state index contributed by atoms with van der Waals surface area (Å²) in [6.45, 7) is 7.26. The molecule has 0 aliphatic heterocycles. The second-order valence-corrected chi connectivity index (χ2v) is 8.36. The van der Waals surface area contributed by atoms with E-state index in [1.807, 2.05) is 0 Å². The maximum atomic E-state index is 9.91. The van der Waals surface area contributed by atoms with Gasteiger partial charge in [0, 0.05) is 0 Å². The van der Waals surface area contributed by atoms with Gasteiger partial charge in [-0.2, -0.15) is 0 Å². The van der Waals surface area contributed by atoms with Crippen LogP contribution in [0.3, 0.4) is 0 Å². The number of aliphatic hydroxyl groups is 1. The minimum atomic E-state index is -0.178. The molecule has 3 rings (SSSR count). The highest BCUT2D eigenvalue weighted by molar-refractivity contribution is 5.23. The first kappa shape index (κ1) is 15.3. The molecule has 1 saturated carbocycles. The Morgan fingerprint density at radius 2 is 2.10 bits per heavy atom. The first-order valence-corrected chi connectivity index (χ1v) is 9.04. The number of hydrogen-bond donors (Lipinski definition) is 1. The lowest BCUT2D eigenvalue weighted by Gasteiger charge is -2.48. The topological polar surface area (TPSA) is 20.2 Å². The summed E-state index contributed by atoms with van der Waals surface area (Å²) in [5, 5.41) is 9.91. The van der Waals surface area contributed by atoms with Crippen molar-refractivity contribution in [2.24, 2.45) is 22.7 Å². The highest BCUT2D eigenvalue weighted by atomic mass is 16.3. The van der Waals surface area contributed by atoms with Crippen LogP contribution in [0.2, 0.25) is 0 Å². The van der Waals surface area contributed by atoms with Crippen LogP contribution in [0.1, 0.15) is 72.1 Å². The van der Waals surface area contributed by atoms with Crippen LogP contribution < -0.4 is 0 Å². The van der Waals surface area contributed by atoms with Gasteiger partial charge in [0.25, 0.3) is 0 Å². The van der Waals surface area contributed by atoms with Crippen LogP contribution in [-0.2, 0) is 0 Å². The molecule has 5 atom stereocenters. The second kappa shape index (κ2) is 5.57. The SMILES string of the molecule is CCCC1(C)C=CCC1C1CCC2=CC(O)CCC2(C)C1. The fourth-order valence-corrected chi connectivity index (χ4v) is 5.54. The summed E-state index contributed by atoms with van der Waals surface area (Å²) in [5.41, 5.74) is 2.36. The van der Waals surface area contributed by atoms with Crippen LogP contribution in [0, 0.1) is 22.7 Å². The quantitative estimate of drug-likeness (QED) is 0.703. The Hall–Kier alpha value is -0.560. The van der Waals surface area contributed by atoms with Crippen molar-refractivity contribution in [3.8, 4) is 0 Å². The second-order valence-electron chi connectivity index (χ2n) is 8.36. The van der Waals surface area contributed by atoms with Crippen LogP contribution in [0.15, 0.2) is 23.8 Å². The molecule has 0 bridgehead atoms. The summed E-state index contributed by atoms with van der Waals surface area (Å²) < 4.78 is 0. The Kier molecular flexibility index (Phi) is 4.07. The van der Waals surface area contributed by atoms with Gasteiger partial charge in [0.1, 0.15) is 0 Å². The molecule has 0 heterocycles. The van der Waals surface area contributed by atoms with E-state index >= 15 is 0 Å². The van der Waals surface area contributed by atoms with E-state index in [9.17, 15) is 5.11 Å². The third-order valence-electron chi connectivity index (χ3n) is 6.75. The van der Waals surface area contributed by atoms with Crippen LogP contribution >= 0.6 is 0 Å². The molecule has 0 saturated heterocycles. The average molecular weight is 288 g/mol. The Balaban J connectivity index is 1.76. The zero-order chi connectivity index (χ0) is 15.1. The standard InChI is InChI=1S/C20H32O/c1-4-10-19(2)11-5-6-18(19)15-7-8-16-13-17(21)9-12-20(16,3)14-15/h5,11,13,15,17-18,21H,4,6-10,12,14H2,1-3H3. The highest BCUT2D eigenvalue weighted by Gasteiger charge is 2.45. The van der Waals surface area contributed by atoms with Crippen molar-refractivity contribution in [3.05, 3.63) is 23.8 Å². The third kappa shape index (κ3) is 2.74. The first-order valence-electron chi connectivity index (χ1n) is 9.04. The predicted molar refractivity (Wildman–Crippen MR) is 89.0 cm³/mol.